The van der Waals surface area contributed by atoms with E-state index in [0.717, 1.165) is 16.7 Å². The number of hydrogen-bond donors (Lipinski definition) is 1. The van der Waals surface area contributed by atoms with Crippen LogP contribution in [0.3, 0.4) is 0 Å². The average Bonchev–Trinajstić information content (AvgIpc) is 2.62. The van der Waals surface area contributed by atoms with E-state index in [9.17, 15) is 14.9 Å². The number of anilines is 1. The highest BCUT2D eigenvalue weighted by Gasteiger charge is 2.11. The van der Waals surface area contributed by atoms with Crippen LogP contribution in [0, 0.1) is 25.2 Å². The zero-order valence-corrected chi connectivity index (χ0v) is 15.0. The van der Waals surface area contributed by atoms with E-state index in [-0.39, 0.29) is 5.57 Å². The fourth-order valence-electron chi connectivity index (χ4n) is 2.39. The van der Waals surface area contributed by atoms with Crippen molar-refractivity contribution >= 4 is 23.6 Å². The number of esters is 1. The van der Waals surface area contributed by atoms with Crippen LogP contribution in [0.25, 0.3) is 6.08 Å². The molecule has 0 fully saturated rings. The number of aryl methyl sites for hydroxylation is 2. The lowest BCUT2D eigenvalue weighted by Gasteiger charge is -2.07. The minimum absolute atomic E-state index is 0.00595. The Morgan fingerprint density at radius 1 is 1.15 bits per heavy atom. The number of carbonyl (C=O) groups is 2. The molecule has 2 rings (SSSR count). The van der Waals surface area contributed by atoms with Crippen molar-refractivity contribution in [2.75, 3.05) is 11.9 Å². The number of hydrogen-bond acceptors (Lipinski definition) is 4. The molecule has 5 nitrogen and oxygen atoms in total. The molecule has 0 saturated heterocycles. The van der Waals surface area contributed by atoms with Gasteiger partial charge in [-0.15, -0.1) is 0 Å². The van der Waals surface area contributed by atoms with E-state index < -0.39 is 11.9 Å². The van der Waals surface area contributed by atoms with E-state index in [1.54, 1.807) is 37.3 Å². The van der Waals surface area contributed by atoms with Crippen LogP contribution in [0.4, 0.5) is 5.69 Å². The monoisotopic (exact) mass is 348 g/mol. The van der Waals surface area contributed by atoms with E-state index in [1.807, 2.05) is 38.1 Å². The van der Waals surface area contributed by atoms with Gasteiger partial charge in [0.05, 0.1) is 12.2 Å². The number of carbonyl (C=O) groups excluding carboxylic acids is 2. The van der Waals surface area contributed by atoms with Gasteiger partial charge in [0.2, 0.25) is 0 Å². The summed E-state index contributed by atoms with van der Waals surface area (Å²) in [6.45, 7) is 5.95. The molecule has 2 aromatic carbocycles. The second kappa shape index (κ2) is 8.63. The largest absolute Gasteiger partial charge is 0.462 e. The van der Waals surface area contributed by atoms with Gasteiger partial charge in [-0.05, 0) is 62.2 Å². The lowest BCUT2D eigenvalue weighted by atomic mass is 10.0. The van der Waals surface area contributed by atoms with Crippen molar-refractivity contribution in [3.05, 3.63) is 70.3 Å². The molecule has 0 saturated carbocycles. The molecule has 132 valence electrons. The van der Waals surface area contributed by atoms with E-state index in [1.165, 1.54) is 0 Å². The third-order valence-electron chi connectivity index (χ3n) is 3.74. The summed E-state index contributed by atoms with van der Waals surface area (Å²) >= 11 is 0. The summed E-state index contributed by atoms with van der Waals surface area (Å²) in [5, 5.41) is 12.0. The number of benzene rings is 2. The number of nitrogens with zero attached hydrogens (tertiary/aromatic N) is 1. The van der Waals surface area contributed by atoms with Crippen LogP contribution < -0.4 is 5.32 Å². The number of nitriles is 1. The van der Waals surface area contributed by atoms with Crippen LogP contribution in [-0.2, 0) is 9.53 Å². The summed E-state index contributed by atoms with van der Waals surface area (Å²) < 4.78 is 4.91. The number of amides is 1. The molecule has 0 atom stereocenters. The average molecular weight is 348 g/mol. The molecule has 5 heteroatoms. The Bertz CT molecular complexity index is 890. The summed E-state index contributed by atoms with van der Waals surface area (Å²) in [5.74, 6) is -0.922. The normalized spacial score (nSPS) is 10.8. The van der Waals surface area contributed by atoms with Gasteiger partial charge in [0.1, 0.15) is 11.6 Å². The van der Waals surface area contributed by atoms with Gasteiger partial charge < -0.3 is 10.1 Å². The van der Waals surface area contributed by atoms with Gasteiger partial charge in [0.25, 0.3) is 5.91 Å². The minimum Gasteiger partial charge on any atom is -0.462 e. The molecule has 0 radical (unpaired) electrons. The number of ether oxygens (including phenoxy) is 1. The zero-order chi connectivity index (χ0) is 19.1. The zero-order valence-electron chi connectivity index (χ0n) is 15.0. The van der Waals surface area contributed by atoms with Gasteiger partial charge in [0, 0.05) is 5.69 Å². The summed E-state index contributed by atoms with van der Waals surface area (Å²) in [4.78, 5) is 24.0. The van der Waals surface area contributed by atoms with Gasteiger partial charge in [0.15, 0.2) is 0 Å². The van der Waals surface area contributed by atoms with E-state index in [2.05, 4.69) is 5.32 Å². The second-order valence-corrected chi connectivity index (χ2v) is 5.78. The van der Waals surface area contributed by atoms with Crippen LogP contribution in [0.2, 0.25) is 0 Å². The van der Waals surface area contributed by atoms with Crippen molar-refractivity contribution in [3.8, 4) is 6.07 Å². The van der Waals surface area contributed by atoms with Crippen molar-refractivity contribution in [3.63, 3.8) is 0 Å². The maximum absolute atomic E-state index is 12.4. The topological polar surface area (TPSA) is 79.2 Å². The SMILES string of the molecule is CCOC(=O)c1ccc(NC(=O)/C(C#N)=C/c2ccc(C)cc2C)cc1. The standard InChI is InChI=1S/C21H20N2O3/c1-4-26-21(25)16-7-9-19(10-8-16)23-20(24)18(13-22)12-17-6-5-14(2)11-15(17)3/h5-12H,4H2,1-3H3,(H,23,24)/b18-12+. The molecule has 0 aliphatic rings. The summed E-state index contributed by atoms with van der Waals surface area (Å²) in [6.07, 6.45) is 1.57. The smallest absolute Gasteiger partial charge is 0.338 e. The molecule has 0 heterocycles. The highest BCUT2D eigenvalue weighted by Crippen LogP contribution is 2.16. The van der Waals surface area contributed by atoms with Crippen molar-refractivity contribution in [1.29, 1.82) is 5.26 Å². The second-order valence-electron chi connectivity index (χ2n) is 5.78. The molecule has 26 heavy (non-hydrogen) atoms. The highest BCUT2D eigenvalue weighted by molar-refractivity contribution is 6.09. The lowest BCUT2D eigenvalue weighted by Crippen LogP contribution is -2.13. The van der Waals surface area contributed by atoms with Gasteiger partial charge in [-0.3, -0.25) is 4.79 Å². The summed E-state index contributed by atoms with van der Waals surface area (Å²) in [5.41, 5.74) is 3.82. The predicted molar refractivity (Wildman–Crippen MR) is 101 cm³/mol. The van der Waals surface area contributed by atoms with Gasteiger partial charge in [-0.25, -0.2) is 4.79 Å². The Morgan fingerprint density at radius 2 is 1.85 bits per heavy atom. The van der Waals surface area contributed by atoms with Crippen molar-refractivity contribution < 1.29 is 14.3 Å². The van der Waals surface area contributed by atoms with Crippen molar-refractivity contribution in [2.45, 2.75) is 20.8 Å². The Balaban J connectivity index is 2.15. The van der Waals surface area contributed by atoms with Crippen LogP contribution in [0.1, 0.15) is 34.0 Å². The molecule has 0 aromatic heterocycles. The van der Waals surface area contributed by atoms with Gasteiger partial charge in [-0.1, -0.05) is 23.8 Å². The number of rotatable bonds is 5. The van der Waals surface area contributed by atoms with E-state index in [4.69, 9.17) is 4.74 Å². The van der Waals surface area contributed by atoms with Crippen LogP contribution >= 0.6 is 0 Å². The number of nitrogens with one attached hydrogen (secondary N) is 1. The molecular formula is C21H20N2O3. The highest BCUT2D eigenvalue weighted by atomic mass is 16.5. The Kier molecular flexibility index (Phi) is 6.29. The Hall–Kier alpha value is -3.39. The quantitative estimate of drug-likeness (QED) is 0.503. The first-order valence-electron chi connectivity index (χ1n) is 8.22. The summed E-state index contributed by atoms with van der Waals surface area (Å²) in [6, 6.07) is 14.0. The maximum atomic E-state index is 12.4. The third-order valence-corrected chi connectivity index (χ3v) is 3.74. The van der Waals surface area contributed by atoms with Crippen molar-refractivity contribution in [1.82, 2.24) is 0 Å². The van der Waals surface area contributed by atoms with Crippen LogP contribution in [0.15, 0.2) is 48.0 Å². The van der Waals surface area contributed by atoms with Gasteiger partial charge >= 0.3 is 5.97 Å². The molecule has 1 N–H and O–H groups in total. The first-order chi connectivity index (χ1) is 12.4. The Labute approximate surface area is 152 Å². The van der Waals surface area contributed by atoms with Gasteiger partial charge in [-0.2, -0.15) is 5.26 Å². The summed E-state index contributed by atoms with van der Waals surface area (Å²) in [7, 11) is 0. The first kappa shape index (κ1) is 18.9. The third kappa shape index (κ3) is 4.81. The lowest BCUT2D eigenvalue weighted by molar-refractivity contribution is -0.112. The predicted octanol–water partition coefficient (Wildman–Crippen LogP) is 4.03. The molecule has 0 spiro atoms. The molecule has 2 aromatic rings. The molecule has 0 bridgehead atoms. The van der Waals surface area contributed by atoms with E-state index in [0.29, 0.717) is 17.9 Å². The minimum atomic E-state index is -0.503. The molecule has 0 aliphatic carbocycles. The molecular weight excluding hydrogens is 328 g/mol. The fourth-order valence-corrected chi connectivity index (χ4v) is 2.39. The Morgan fingerprint density at radius 3 is 2.42 bits per heavy atom. The van der Waals surface area contributed by atoms with Crippen LogP contribution in [-0.4, -0.2) is 18.5 Å². The van der Waals surface area contributed by atoms with Crippen LogP contribution in [0.5, 0.6) is 0 Å². The van der Waals surface area contributed by atoms with Crippen molar-refractivity contribution in [2.24, 2.45) is 0 Å². The molecule has 0 unspecified atom stereocenters. The first-order valence-corrected chi connectivity index (χ1v) is 8.22. The molecule has 0 aliphatic heterocycles. The molecule has 1 amide bonds. The maximum Gasteiger partial charge on any atom is 0.338 e. The fraction of sp³-hybridized carbons (Fsp3) is 0.190. The van der Waals surface area contributed by atoms with E-state index >= 15 is 0 Å².